The Balaban J connectivity index is 1.78. The Morgan fingerprint density at radius 2 is 1.73 bits per heavy atom. The third kappa shape index (κ3) is 7.29. The van der Waals surface area contributed by atoms with E-state index >= 15 is 0 Å². The number of hydrogen-bond donors (Lipinski definition) is 1. The van der Waals surface area contributed by atoms with Crippen LogP contribution >= 0.6 is 23.2 Å². The van der Waals surface area contributed by atoms with Crippen LogP contribution in [0.25, 0.3) is 0 Å². The van der Waals surface area contributed by atoms with Crippen molar-refractivity contribution in [1.82, 2.24) is 14.8 Å². The minimum absolute atomic E-state index is 0.127. The number of amides is 2. The molecule has 3 aromatic rings. The predicted octanol–water partition coefficient (Wildman–Crippen LogP) is 5.23. The second-order valence-corrected chi connectivity index (χ2v) is 8.72. The van der Waals surface area contributed by atoms with Crippen molar-refractivity contribution in [3.8, 4) is 0 Å². The van der Waals surface area contributed by atoms with Crippen molar-refractivity contribution in [2.24, 2.45) is 0 Å². The molecule has 33 heavy (non-hydrogen) atoms. The van der Waals surface area contributed by atoms with Gasteiger partial charge in [0, 0.05) is 36.7 Å². The van der Waals surface area contributed by atoms with Crippen LogP contribution in [0, 0.1) is 0 Å². The molecule has 0 aliphatic heterocycles. The number of pyridine rings is 1. The highest BCUT2D eigenvalue weighted by Crippen LogP contribution is 2.24. The van der Waals surface area contributed by atoms with Gasteiger partial charge in [0.2, 0.25) is 0 Å². The fourth-order valence-electron chi connectivity index (χ4n) is 3.30. The molecule has 8 heteroatoms. The van der Waals surface area contributed by atoms with Crippen LogP contribution in [0.2, 0.25) is 10.0 Å². The molecule has 0 atom stereocenters. The number of nitrogens with one attached hydrogen (secondary N) is 1. The zero-order valence-corrected chi connectivity index (χ0v) is 20.1. The molecule has 0 bridgehead atoms. The van der Waals surface area contributed by atoms with Crippen molar-refractivity contribution < 1.29 is 9.59 Å². The molecule has 0 aliphatic carbocycles. The van der Waals surface area contributed by atoms with Gasteiger partial charge in [0.15, 0.2) is 0 Å². The monoisotopic (exact) mass is 484 g/mol. The largest absolute Gasteiger partial charge is 0.334 e. The lowest BCUT2D eigenvalue weighted by Crippen LogP contribution is -2.33. The molecule has 0 fully saturated rings. The Kier molecular flexibility index (Phi) is 8.83. The van der Waals surface area contributed by atoms with E-state index in [0.29, 0.717) is 39.9 Å². The highest BCUT2D eigenvalue weighted by atomic mass is 35.5. The SMILES string of the molecule is CN(C)CCCN(Cc1ccc(Cl)c(Cl)c1)C(=O)c1cccc(NC(=O)c2cccnc2)c1. The van der Waals surface area contributed by atoms with Gasteiger partial charge in [-0.1, -0.05) is 35.3 Å². The molecule has 0 saturated carbocycles. The Bertz CT molecular complexity index is 1110. The highest BCUT2D eigenvalue weighted by Gasteiger charge is 2.18. The Morgan fingerprint density at radius 1 is 0.939 bits per heavy atom. The van der Waals surface area contributed by atoms with Crippen LogP contribution in [0.4, 0.5) is 5.69 Å². The van der Waals surface area contributed by atoms with E-state index in [0.717, 1.165) is 18.5 Å². The van der Waals surface area contributed by atoms with Crippen LogP contribution in [-0.4, -0.2) is 53.8 Å². The molecular weight excluding hydrogens is 459 g/mol. The zero-order valence-electron chi connectivity index (χ0n) is 18.6. The Labute approximate surface area is 204 Å². The molecule has 1 aromatic heterocycles. The molecule has 1 heterocycles. The molecule has 0 unspecified atom stereocenters. The molecule has 0 radical (unpaired) electrons. The Hall–Kier alpha value is -2.93. The van der Waals surface area contributed by atoms with Gasteiger partial charge < -0.3 is 15.1 Å². The van der Waals surface area contributed by atoms with E-state index < -0.39 is 0 Å². The normalized spacial score (nSPS) is 10.8. The summed E-state index contributed by atoms with van der Waals surface area (Å²) in [7, 11) is 4.00. The van der Waals surface area contributed by atoms with Gasteiger partial charge in [-0.2, -0.15) is 0 Å². The molecule has 0 spiro atoms. The summed E-state index contributed by atoms with van der Waals surface area (Å²) in [6, 6.07) is 15.7. The predicted molar refractivity (Wildman–Crippen MR) is 133 cm³/mol. The molecule has 0 aliphatic rings. The first-order valence-electron chi connectivity index (χ1n) is 10.5. The van der Waals surface area contributed by atoms with Gasteiger partial charge >= 0.3 is 0 Å². The third-order valence-electron chi connectivity index (χ3n) is 4.97. The van der Waals surface area contributed by atoms with Crippen molar-refractivity contribution in [1.29, 1.82) is 0 Å². The maximum absolute atomic E-state index is 13.4. The number of aromatic nitrogens is 1. The van der Waals surface area contributed by atoms with Crippen LogP contribution in [0.1, 0.15) is 32.7 Å². The maximum atomic E-state index is 13.4. The van der Waals surface area contributed by atoms with E-state index in [-0.39, 0.29) is 11.8 Å². The van der Waals surface area contributed by atoms with Crippen LogP contribution in [0.15, 0.2) is 67.0 Å². The molecular formula is C25H26Cl2N4O2. The molecule has 1 N–H and O–H groups in total. The first-order chi connectivity index (χ1) is 15.8. The number of rotatable bonds is 9. The van der Waals surface area contributed by atoms with Crippen molar-refractivity contribution >= 4 is 40.7 Å². The minimum Gasteiger partial charge on any atom is -0.334 e. The molecule has 6 nitrogen and oxygen atoms in total. The lowest BCUT2D eigenvalue weighted by atomic mass is 10.1. The topological polar surface area (TPSA) is 65.5 Å². The van der Waals surface area contributed by atoms with E-state index in [9.17, 15) is 9.59 Å². The summed E-state index contributed by atoms with van der Waals surface area (Å²) in [6.07, 6.45) is 3.92. The number of anilines is 1. The fourth-order valence-corrected chi connectivity index (χ4v) is 3.62. The third-order valence-corrected chi connectivity index (χ3v) is 5.71. The van der Waals surface area contributed by atoms with E-state index in [4.69, 9.17) is 23.2 Å². The molecule has 0 saturated heterocycles. The van der Waals surface area contributed by atoms with E-state index in [1.54, 1.807) is 59.6 Å². The summed E-state index contributed by atoms with van der Waals surface area (Å²) in [4.78, 5) is 33.7. The summed E-state index contributed by atoms with van der Waals surface area (Å²) in [5, 5.41) is 3.75. The minimum atomic E-state index is -0.286. The first kappa shape index (κ1) is 24.7. The van der Waals surface area contributed by atoms with Crippen LogP contribution in [0.5, 0.6) is 0 Å². The smallest absolute Gasteiger partial charge is 0.257 e. The fraction of sp³-hybridized carbons (Fsp3) is 0.240. The van der Waals surface area contributed by atoms with Crippen molar-refractivity contribution in [2.45, 2.75) is 13.0 Å². The zero-order chi connectivity index (χ0) is 23.8. The number of benzene rings is 2. The second kappa shape index (κ2) is 11.8. The van der Waals surface area contributed by atoms with Crippen molar-refractivity contribution in [3.05, 3.63) is 93.7 Å². The maximum Gasteiger partial charge on any atom is 0.257 e. The van der Waals surface area contributed by atoms with E-state index in [1.807, 2.05) is 20.2 Å². The quantitative estimate of drug-likeness (QED) is 0.451. The molecule has 3 rings (SSSR count). The van der Waals surface area contributed by atoms with Gasteiger partial charge in [-0.3, -0.25) is 14.6 Å². The summed E-state index contributed by atoms with van der Waals surface area (Å²) in [5.74, 6) is -0.413. The lowest BCUT2D eigenvalue weighted by Gasteiger charge is -2.24. The average molecular weight is 485 g/mol. The molecule has 2 amide bonds. The Morgan fingerprint density at radius 3 is 2.42 bits per heavy atom. The molecule has 2 aromatic carbocycles. The van der Waals surface area contributed by atoms with Crippen LogP contribution in [-0.2, 0) is 6.54 Å². The summed E-state index contributed by atoms with van der Waals surface area (Å²) >= 11 is 12.2. The van der Waals surface area contributed by atoms with Crippen LogP contribution < -0.4 is 5.32 Å². The van der Waals surface area contributed by atoms with Crippen molar-refractivity contribution in [3.63, 3.8) is 0 Å². The number of halogens is 2. The summed E-state index contributed by atoms with van der Waals surface area (Å²) in [6.45, 7) is 1.82. The van der Waals surface area contributed by atoms with Gasteiger partial charge in [-0.25, -0.2) is 0 Å². The average Bonchev–Trinajstić information content (AvgIpc) is 2.81. The number of hydrogen-bond acceptors (Lipinski definition) is 4. The number of carbonyl (C=O) groups excluding carboxylic acids is 2. The molecule has 172 valence electrons. The van der Waals surface area contributed by atoms with E-state index in [1.165, 1.54) is 6.20 Å². The number of carbonyl (C=O) groups is 2. The number of nitrogens with zero attached hydrogens (tertiary/aromatic N) is 3. The summed E-state index contributed by atoms with van der Waals surface area (Å²) < 4.78 is 0. The highest BCUT2D eigenvalue weighted by molar-refractivity contribution is 6.42. The van der Waals surface area contributed by atoms with E-state index in [2.05, 4.69) is 15.2 Å². The van der Waals surface area contributed by atoms with Gasteiger partial charge in [0.1, 0.15) is 0 Å². The summed E-state index contributed by atoms with van der Waals surface area (Å²) in [5.41, 5.74) is 2.36. The van der Waals surface area contributed by atoms with Gasteiger partial charge in [-0.15, -0.1) is 0 Å². The van der Waals surface area contributed by atoms with Crippen LogP contribution in [0.3, 0.4) is 0 Å². The van der Waals surface area contributed by atoms with Crippen molar-refractivity contribution in [2.75, 3.05) is 32.5 Å². The lowest BCUT2D eigenvalue weighted by molar-refractivity contribution is 0.0737. The van der Waals surface area contributed by atoms with Gasteiger partial charge in [0.05, 0.1) is 15.6 Å². The van der Waals surface area contributed by atoms with Gasteiger partial charge in [-0.05, 0) is 75.1 Å². The first-order valence-corrected chi connectivity index (χ1v) is 11.3. The van der Waals surface area contributed by atoms with Gasteiger partial charge in [0.25, 0.3) is 11.8 Å². The standard InChI is InChI=1S/C25H26Cl2N4O2/c1-30(2)12-5-13-31(17-18-9-10-22(26)23(27)14-18)25(33)19-6-3-8-21(15-19)29-24(32)20-7-4-11-28-16-20/h3-4,6-11,14-16H,5,12-13,17H2,1-2H3,(H,29,32). The second-order valence-electron chi connectivity index (χ2n) is 7.91.